The number of hydrogen-bond donors (Lipinski definition) is 2. The van der Waals surface area contributed by atoms with Gasteiger partial charge in [0.2, 0.25) is 0 Å². The first-order valence-corrected chi connectivity index (χ1v) is 8.02. The maximum atomic E-state index is 5.47. The normalized spacial score (nSPS) is 20.9. The molecular formula is C16H16BrN3OS. The van der Waals surface area contributed by atoms with Crippen LogP contribution in [0.25, 0.3) is 0 Å². The van der Waals surface area contributed by atoms with Crippen molar-refractivity contribution in [2.75, 3.05) is 12.1 Å². The molecule has 0 radical (unpaired) electrons. The maximum absolute atomic E-state index is 5.47. The van der Waals surface area contributed by atoms with Crippen molar-refractivity contribution in [1.29, 1.82) is 0 Å². The summed E-state index contributed by atoms with van der Waals surface area (Å²) >= 11 is 8.91. The lowest BCUT2D eigenvalue weighted by atomic mass is 10.0. The lowest BCUT2D eigenvalue weighted by Crippen LogP contribution is -2.45. The zero-order chi connectivity index (χ0) is 15.7. The fourth-order valence-electron chi connectivity index (χ4n) is 2.41. The molecule has 0 amide bonds. The molecule has 3 rings (SSSR count). The average molecular weight is 378 g/mol. The third-order valence-electron chi connectivity index (χ3n) is 3.65. The van der Waals surface area contributed by atoms with E-state index in [2.05, 4.69) is 33.6 Å². The minimum absolute atomic E-state index is 0.462. The van der Waals surface area contributed by atoms with Crippen molar-refractivity contribution < 1.29 is 4.74 Å². The molecule has 22 heavy (non-hydrogen) atoms. The molecule has 1 heterocycles. The fraction of sp³-hybridized carbons (Fsp3) is 0.188. The predicted molar refractivity (Wildman–Crippen MR) is 95.8 cm³/mol. The van der Waals surface area contributed by atoms with Crippen LogP contribution in [0, 0.1) is 0 Å². The van der Waals surface area contributed by atoms with Gasteiger partial charge in [-0.25, -0.2) is 5.01 Å². The van der Waals surface area contributed by atoms with Gasteiger partial charge in [-0.2, -0.15) is 5.43 Å². The first kappa shape index (κ1) is 15.3. The molecule has 0 spiro atoms. The molecule has 2 aromatic carbocycles. The summed E-state index contributed by atoms with van der Waals surface area (Å²) < 4.78 is 6.24. The highest BCUT2D eigenvalue weighted by molar-refractivity contribution is 9.10. The molecule has 1 fully saturated rings. The molecule has 2 aromatic rings. The molecule has 2 N–H and O–H groups in total. The Balaban J connectivity index is 1.87. The fourth-order valence-corrected chi connectivity index (χ4v) is 3.02. The van der Waals surface area contributed by atoms with E-state index in [-0.39, 0.29) is 0 Å². The van der Waals surface area contributed by atoms with Gasteiger partial charge in [0.1, 0.15) is 11.4 Å². The van der Waals surface area contributed by atoms with E-state index in [1.165, 1.54) is 0 Å². The van der Waals surface area contributed by atoms with Gasteiger partial charge in [-0.05, 0) is 61.1 Å². The Morgan fingerprint density at radius 1 is 1.09 bits per heavy atom. The molecule has 0 saturated carbocycles. The number of hydrazine groups is 1. The number of benzene rings is 2. The van der Waals surface area contributed by atoms with Crippen LogP contribution in [-0.4, -0.2) is 12.2 Å². The number of hydrogen-bond acceptors (Lipinski definition) is 3. The maximum Gasteiger partial charge on any atom is 0.190 e. The highest BCUT2D eigenvalue weighted by Gasteiger charge is 2.38. The van der Waals surface area contributed by atoms with Crippen LogP contribution in [0.5, 0.6) is 5.75 Å². The summed E-state index contributed by atoms with van der Waals surface area (Å²) in [6, 6.07) is 15.9. The number of anilines is 1. The van der Waals surface area contributed by atoms with E-state index in [1.54, 1.807) is 7.11 Å². The van der Waals surface area contributed by atoms with Gasteiger partial charge in [0.15, 0.2) is 5.11 Å². The van der Waals surface area contributed by atoms with E-state index in [0.29, 0.717) is 5.11 Å². The number of thiocarbonyl (C=S) groups is 1. The molecule has 0 aliphatic carbocycles. The van der Waals surface area contributed by atoms with Crippen molar-refractivity contribution in [3.8, 4) is 5.75 Å². The van der Waals surface area contributed by atoms with E-state index in [4.69, 9.17) is 17.0 Å². The number of methoxy groups -OCH3 is 1. The monoisotopic (exact) mass is 377 g/mol. The summed E-state index contributed by atoms with van der Waals surface area (Å²) in [5.74, 6) is 0.831. The van der Waals surface area contributed by atoms with Crippen LogP contribution in [0.2, 0.25) is 0 Å². The molecule has 0 aromatic heterocycles. The van der Waals surface area contributed by atoms with Gasteiger partial charge in [0.25, 0.3) is 0 Å². The molecule has 6 heteroatoms. The second-order valence-corrected chi connectivity index (χ2v) is 6.51. The zero-order valence-electron chi connectivity index (χ0n) is 12.3. The largest absolute Gasteiger partial charge is 0.497 e. The third kappa shape index (κ3) is 2.82. The van der Waals surface area contributed by atoms with E-state index < -0.39 is 5.66 Å². The van der Waals surface area contributed by atoms with E-state index in [1.807, 2.05) is 53.5 Å². The molecular weight excluding hydrogens is 362 g/mol. The van der Waals surface area contributed by atoms with Gasteiger partial charge < -0.3 is 10.1 Å². The van der Waals surface area contributed by atoms with Gasteiger partial charge in [0, 0.05) is 4.47 Å². The van der Waals surface area contributed by atoms with Gasteiger partial charge in [-0.1, -0.05) is 28.1 Å². The van der Waals surface area contributed by atoms with Crippen LogP contribution in [0.3, 0.4) is 0 Å². The highest BCUT2D eigenvalue weighted by atomic mass is 79.9. The average Bonchev–Trinajstić information content (AvgIpc) is 2.84. The number of rotatable bonds is 3. The Kier molecular flexibility index (Phi) is 4.08. The van der Waals surface area contributed by atoms with Gasteiger partial charge >= 0.3 is 0 Å². The van der Waals surface area contributed by atoms with Crippen LogP contribution < -0.4 is 20.5 Å². The van der Waals surface area contributed by atoms with Crippen molar-refractivity contribution >= 4 is 38.9 Å². The van der Waals surface area contributed by atoms with E-state index >= 15 is 0 Å². The summed E-state index contributed by atoms with van der Waals surface area (Å²) in [4.78, 5) is 0. The second-order valence-electron chi connectivity index (χ2n) is 5.21. The Labute approximate surface area is 143 Å². The number of halogens is 1. The van der Waals surface area contributed by atoms with E-state index in [9.17, 15) is 0 Å². The third-order valence-corrected chi connectivity index (χ3v) is 4.46. The number of nitrogens with one attached hydrogen (secondary N) is 2. The lowest BCUT2D eigenvalue weighted by molar-refractivity contribution is 0.386. The Morgan fingerprint density at radius 3 is 2.32 bits per heavy atom. The molecule has 0 bridgehead atoms. The molecule has 1 aliphatic rings. The second kappa shape index (κ2) is 5.87. The quantitative estimate of drug-likeness (QED) is 0.800. The van der Waals surface area contributed by atoms with Crippen LogP contribution in [0.15, 0.2) is 53.0 Å². The van der Waals surface area contributed by atoms with Gasteiger partial charge in [0.05, 0.1) is 12.8 Å². The van der Waals surface area contributed by atoms with Gasteiger partial charge in [-0.3, -0.25) is 0 Å². The molecule has 1 aliphatic heterocycles. The summed E-state index contributed by atoms with van der Waals surface area (Å²) in [7, 11) is 1.66. The Hall–Kier alpha value is -1.63. The van der Waals surface area contributed by atoms with E-state index in [0.717, 1.165) is 21.5 Å². The standard InChI is InChI=1S/C16H16BrN3OS/c1-16(11-3-9-14(21-2)10-4-11)18-15(22)20(19-16)13-7-5-12(17)6-8-13/h3-10,19H,1-2H3,(H,18,22)/t16-/m0/s1. The number of ether oxygens (including phenoxy) is 1. The van der Waals surface area contributed by atoms with Crippen LogP contribution in [0.4, 0.5) is 5.69 Å². The zero-order valence-corrected chi connectivity index (χ0v) is 14.7. The van der Waals surface area contributed by atoms with Crippen molar-refractivity contribution in [2.24, 2.45) is 0 Å². The topological polar surface area (TPSA) is 36.5 Å². The molecule has 0 unspecified atom stereocenters. The van der Waals surface area contributed by atoms with Crippen molar-refractivity contribution in [3.63, 3.8) is 0 Å². The molecule has 4 nitrogen and oxygen atoms in total. The SMILES string of the molecule is COc1ccc([C@@]2(C)NC(=S)N(c3ccc(Br)cc3)N2)cc1. The smallest absolute Gasteiger partial charge is 0.190 e. The summed E-state index contributed by atoms with van der Waals surface area (Å²) in [5, 5.41) is 5.86. The minimum atomic E-state index is -0.462. The van der Waals surface area contributed by atoms with Crippen LogP contribution in [0.1, 0.15) is 12.5 Å². The van der Waals surface area contributed by atoms with Crippen molar-refractivity contribution in [1.82, 2.24) is 10.7 Å². The molecule has 114 valence electrons. The summed E-state index contributed by atoms with van der Waals surface area (Å²) in [5.41, 5.74) is 5.03. The lowest BCUT2D eigenvalue weighted by Gasteiger charge is -2.26. The first-order valence-electron chi connectivity index (χ1n) is 6.82. The summed E-state index contributed by atoms with van der Waals surface area (Å²) in [6.07, 6.45) is 0. The van der Waals surface area contributed by atoms with Crippen LogP contribution in [-0.2, 0) is 5.66 Å². The molecule has 1 atom stereocenters. The van der Waals surface area contributed by atoms with Crippen molar-refractivity contribution in [2.45, 2.75) is 12.6 Å². The van der Waals surface area contributed by atoms with Crippen LogP contribution >= 0.6 is 28.1 Å². The van der Waals surface area contributed by atoms with Crippen molar-refractivity contribution in [3.05, 3.63) is 58.6 Å². The molecule has 1 saturated heterocycles. The highest BCUT2D eigenvalue weighted by Crippen LogP contribution is 2.28. The Bertz CT molecular complexity index is 690. The predicted octanol–water partition coefficient (Wildman–Crippen LogP) is 3.53. The minimum Gasteiger partial charge on any atom is -0.497 e. The first-order chi connectivity index (χ1) is 10.5. The Morgan fingerprint density at radius 2 is 1.73 bits per heavy atom. The summed E-state index contributed by atoms with van der Waals surface area (Å²) in [6.45, 7) is 2.06. The number of nitrogens with zero attached hydrogens (tertiary/aromatic N) is 1. The van der Waals surface area contributed by atoms with Gasteiger partial charge in [-0.15, -0.1) is 0 Å².